The zero-order valence-electron chi connectivity index (χ0n) is 17.9. The van der Waals surface area contributed by atoms with Crippen molar-refractivity contribution in [1.82, 2.24) is 4.98 Å². The summed E-state index contributed by atoms with van der Waals surface area (Å²) in [7, 11) is 0. The van der Waals surface area contributed by atoms with Gasteiger partial charge in [-0.3, -0.25) is 0 Å². The monoisotopic (exact) mass is 499 g/mol. The Labute approximate surface area is 196 Å². The van der Waals surface area contributed by atoms with E-state index in [1.54, 1.807) is 12.1 Å². The third-order valence-corrected chi connectivity index (χ3v) is 7.16. The predicted octanol–water partition coefficient (Wildman–Crippen LogP) is 7.31. The van der Waals surface area contributed by atoms with Crippen LogP contribution in [0.5, 0.6) is 5.75 Å². The second kappa shape index (κ2) is 10.1. The van der Waals surface area contributed by atoms with E-state index in [1.807, 2.05) is 26.8 Å². The number of rotatable bonds is 8. The Morgan fingerprint density at radius 1 is 1.18 bits per heavy atom. The Morgan fingerprint density at radius 3 is 2.42 bits per heavy atom. The lowest BCUT2D eigenvalue weighted by Crippen LogP contribution is -2.22. The van der Waals surface area contributed by atoms with Gasteiger partial charge in [0.05, 0.1) is 11.3 Å². The van der Waals surface area contributed by atoms with Crippen molar-refractivity contribution in [2.24, 2.45) is 0 Å². The average molecular weight is 500 g/mol. The number of benzene rings is 2. The van der Waals surface area contributed by atoms with Crippen molar-refractivity contribution in [3.63, 3.8) is 0 Å². The minimum atomic E-state index is -4.38. The summed E-state index contributed by atoms with van der Waals surface area (Å²) in [5.41, 5.74) is 1.41. The average Bonchev–Trinajstić information content (AvgIpc) is 3.12. The molecule has 1 atom stereocenters. The highest BCUT2D eigenvalue weighted by molar-refractivity contribution is 7.98. The molecule has 1 heterocycles. The molecule has 0 saturated heterocycles. The number of carboxylic acids is 1. The Hall–Kier alpha value is -2.59. The number of thioether (sulfide) groups is 1. The van der Waals surface area contributed by atoms with E-state index in [9.17, 15) is 22.4 Å². The number of aryl methyl sites for hydroxylation is 1. The van der Waals surface area contributed by atoms with Gasteiger partial charge < -0.3 is 9.84 Å². The van der Waals surface area contributed by atoms with E-state index in [-0.39, 0.29) is 11.7 Å². The first-order valence-electron chi connectivity index (χ1n) is 9.90. The highest BCUT2D eigenvalue weighted by atomic mass is 32.2. The molecule has 0 amide bonds. The van der Waals surface area contributed by atoms with Crippen molar-refractivity contribution in [3.8, 4) is 16.3 Å². The molecule has 0 bridgehead atoms. The quantitative estimate of drug-likeness (QED) is 0.260. The van der Waals surface area contributed by atoms with E-state index in [4.69, 9.17) is 9.84 Å². The third kappa shape index (κ3) is 6.26. The van der Waals surface area contributed by atoms with Crippen molar-refractivity contribution in [2.75, 3.05) is 0 Å². The normalized spacial score (nSPS) is 12.7. The number of thiazole rings is 1. The van der Waals surface area contributed by atoms with Gasteiger partial charge >= 0.3 is 18.5 Å². The van der Waals surface area contributed by atoms with E-state index < -0.39 is 24.1 Å². The molecule has 0 fully saturated rings. The highest BCUT2D eigenvalue weighted by Gasteiger charge is 2.30. The van der Waals surface area contributed by atoms with Crippen LogP contribution < -0.4 is 4.74 Å². The van der Waals surface area contributed by atoms with Crippen molar-refractivity contribution >= 4 is 29.1 Å². The number of hydrogen-bond donors (Lipinski definition) is 1. The summed E-state index contributed by atoms with van der Waals surface area (Å²) in [6.45, 7) is 5.65. The van der Waals surface area contributed by atoms with E-state index >= 15 is 0 Å². The maximum absolute atomic E-state index is 13.5. The van der Waals surface area contributed by atoms with Crippen LogP contribution in [0.15, 0.2) is 47.4 Å². The van der Waals surface area contributed by atoms with Crippen LogP contribution in [0.3, 0.4) is 0 Å². The van der Waals surface area contributed by atoms with Crippen molar-refractivity contribution in [3.05, 3.63) is 64.2 Å². The fraction of sp³-hybridized carbons (Fsp3) is 0.304. The molecule has 0 aliphatic rings. The SMILES string of the molecule is Cc1nc(-c2ccc(C(F)(F)F)cc2)sc1CSc1ccc(OC(F)C(=O)O)c(C(C)C)c1. The van der Waals surface area contributed by atoms with Crippen LogP contribution in [-0.2, 0) is 16.7 Å². The molecule has 3 aromatic rings. The van der Waals surface area contributed by atoms with Crippen LogP contribution in [-0.4, -0.2) is 22.4 Å². The molecule has 0 aliphatic carbocycles. The number of aliphatic carboxylic acids is 1. The molecule has 176 valence electrons. The molecule has 1 aromatic heterocycles. The lowest BCUT2D eigenvalue weighted by Gasteiger charge is -2.16. The van der Waals surface area contributed by atoms with Gasteiger partial charge in [-0.05, 0) is 48.7 Å². The molecule has 10 heteroatoms. The fourth-order valence-corrected chi connectivity index (χ4v) is 5.13. The zero-order chi connectivity index (χ0) is 24.3. The van der Waals surface area contributed by atoms with Gasteiger partial charge in [0.1, 0.15) is 10.8 Å². The summed E-state index contributed by atoms with van der Waals surface area (Å²) in [5.74, 6) is -0.934. The summed E-state index contributed by atoms with van der Waals surface area (Å²) in [5, 5.41) is 9.38. The first-order chi connectivity index (χ1) is 15.5. The van der Waals surface area contributed by atoms with Gasteiger partial charge in [-0.2, -0.15) is 17.6 Å². The van der Waals surface area contributed by atoms with Crippen molar-refractivity contribution in [2.45, 2.75) is 49.9 Å². The lowest BCUT2D eigenvalue weighted by molar-refractivity contribution is -0.153. The first-order valence-corrected chi connectivity index (χ1v) is 11.7. The van der Waals surface area contributed by atoms with E-state index in [2.05, 4.69) is 4.98 Å². The van der Waals surface area contributed by atoms with Crippen molar-refractivity contribution < 1.29 is 32.2 Å². The Morgan fingerprint density at radius 2 is 1.85 bits per heavy atom. The summed E-state index contributed by atoms with van der Waals surface area (Å²) in [4.78, 5) is 17.1. The van der Waals surface area contributed by atoms with Crippen LogP contribution in [0, 0.1) is 6.92 Å². The molecule has 0 saturated carbocycles. The van der Waals surface area contributed by atoms with Crippen LogP contribution in [0.4, 0.5) is 17.6 Å². The number of halogens is 4. The molecule has 3 rings (SSSR count). The van der Waals surface area contributed by atoms with Crippen LogP contribution in [0.25, 0.3) is 10.6 Å². The topological polar surface area (TPSA) is 59.4 Å². The number of hydrogen-bond acceptors (Lipinski definition) is 5. The Kier molecular flexibility index (Phi) is 7.69. The smallest absolute Gasteiger partial charge is 0.416 e. The van der Waals surface area contributed by atoms with E-state index in [0.717, 1.165) is 27.6 Å². The Bertz CT molecular complexity index is 1130. The van der Waals surface area contributed by atoms with Gasteiger partial charge in [-0.1, -0.05) is 26.0 Å². The van der Waals surface area contributed by atoms with E-state index in [0.29, 0.717) is 21.9 Å². The molecule has 33 heavy (non-hydrogen) atoms. The van der Waals surface area contributed by atoms with E-state index in [1.165, 1.54) is 35.2 Å². The van der Waals surface area contributed by atoms with Crippen molar-refractivity contribution in [1.29, 1.82) is 0 Å². The number of nitrogens with zero attached hydrogens (tertiary/aromatic N) is 1. The molecule has 0 aliphatic heterocycles. The molecule has 0 spiro atoms. The number of aromatic nitrogens is 1. The minimum absolute atomic E-state index is 0.0158. The molecular formula is C23H21F4NO3S2. The van der Waals surface area contributed by atoms with Gasteiger partial charge in [-0.15, -0.1) is 23.1 Å². The number of carbonyl (C=O) groups is 1. The summed E-state index contributed by atoms with van der Waals surface area (Å²) < 4.78 is 56.8. The lowest BCUT2D eigenvalue weighted by atomic mass is 10.0. The van der Waals surface area contributed by atoms with Gasteiger partial charge in [-0.25, -0.2) is 9.78 Å². The maximum Gasteiger partial charge on any atom is 0.416 e. The standard InChI is InChI=1S/C23H21F4NO3S2/c1-12(2)17-10-16(8-9-18(17)31-20(24)22(29)30)32-11-19-13(3)28-21(33-19)14-4-6-15(7-5-14)23(25,26)27/h4-10,12,20H,11H2,1-3H3,(H,29,30). The Balaban J connectivity index is 1.74. The zero-order valence-corrected chi connectivity index (χ0v) is 19.6. The van der Waals surface area contributed by atoms with Gasteiger partial charge in [0.15, 0.2) is 0 Å². The summed E-state index contributed by atoms with van der Waals surface area (Å²) in [6.07, 6.45) is -6.82. The largest absolute Gasteiger partial charge is 0.476 e. The van der Waals surface area contributed by atoms with Crippen LogP contribution in [0.1, 0.15) is 41.5 Å². The first kappa shape index (κ1) is 25.0. The fourth-order valence-electron chi connectivity index (χ4n) is 2.97. The van der Waals surface area contributed by atoms with Gasteiger partial charge in [0.25, 0.3) is 0 Å². The molecule has 1 unspecified atom stereocenters. The number of ether oxygens (including phenoxy) is 1. The number of alkyl halides is 4. The highest BCUT2D eigenvalue weighted by Crippen LogP contribution is 2.37. The molecule has 0 radical (unpaired) electrons. The second-order valence-electron chi connectivity index (χ2n) is 7.52. The van der Waals surface area contributed by atoms with Crippen LogP contribution in [0.2, 0.25) is 0 Å². The summed E-state index contributed by atoms with van der Waals surface area (Å²) in [6, 6.07) is 10.1. The molecule has 4 nitrogen and oxygen atoms in total. The minimum Gasteiger partial charge on any atom is -0.476 e. The maximum atomic E-state index is 13.5. The van der Waals surface area contributed by atoms with Crippen LogP contribution >= 0.6 is 23.1 Å². The third-order valence-electron chi connectivity index (χ3n) is 4.75. The van der Waals surface area contributed by atoms with Gasteiger partial charge in [0, 0.05) is 21.1 Å². The second-order valence-corrected chi connectivity index (χ2v) is 9.65. The predicted molar refractivity (Wildman–Crippen MR) is 121 cm³/mol. The molecule has 2 aromatic carbocycles. The molecule has 1 N–H and O–H groups in total. The van der Waals surface area contributed by atoms with Gasteiger partial charge in [0.2, 0.25) is 0 Å². The number of carboxylic acid groups (broad SMARTS) is 1. The summed E-state index contributed by atoms with van der Waals surface area (Å²) >= 11 is 2.94. The molecular weight excluding hydrogens is 478 g/mol.